The fraction of sp³-hybridized carbons (Fsp3) is 0.571. The van der Waals surface area contributed by atoms with E-state index in [-0.39, 0.29) is 18.2 Å². The molecule has 7 nitrogen and oxygen atoms in total. The van der Waals surface area contributed by atoms with Gasteiger partial charge in [-0.05, 0) is 31.0 Å². The standard InChI is InChI=1S/C21H30N2O5/c1-3-5-12-27-17-9-7-8-16(14-17)21(26)23-11-10-22-20(25)18(23)15-19(24)28-13-6-4-2/h7-9,14,18H,3-6,10-13,15H2,1-2H3,(H,22,25)/t18-/m0/s1. The van der Waals surface area contributed by atoms with Gasteiger partial charge in [-0.1, -0.05) is 32.8 Å². The number of rotatable bonds is 10. The first kappa shape index (κ1) is 21.7. The average molecular weight is 390 g/mol. The van der Waals surface area contributed by atoms with Gasteiger partial charge in [0.2, 0.25) is 5.91 Å². The van der Waals surface area contributed by atoms with Crippen LogP contribution in [0.3, 0.4) is 0 Å². The summed E-state index contributed by atoms with van der Waals surface area (Å²) in [7, 11) is 0. The SMILES string of the molecule is CCCCOC(=O)C[C@H]1C(=O)NCCN1C(=O)c1cccc(OCCCC)c1. The third-order valence-electron chi connectivity index (χ3n) is 4.56. The van der Waals surface area contributed by atoms with E-state index in [1.54, 1.807) is 24.3 Å². The molecule has 0 aliphatic carbocycles. The molecule has 0 bridgehead atoms. The molecule has 1 aromatic carbocycles. The maximum Gasteiger partial charge on any atom is 0.308 e. The second kappa shape index (κ2) is 11.3. The molecule has 0 aromatic heterocycles. The third-order valence-corrected chi connectivity index (χ3v) is 4.56. The Balaban J connectivity index is 2.07. The summed E-state index contributed by atoms with van der Waals surface area (Å²) in [6.45, 7) is 5.71. The van der Waals surface area contributed by atoms with E-state index in [0.717, 1.165) is 25.7 Å². The Morgan fingerprint density at radius 2 is 1.93 bits per heavy atom. The normalized spacial score (nSPS) is 16.4. The number of ether oxygens (including phenoxy) is 2. The highest BCUT2D eigenvalue weighted by atomic mass is 16.5. The number of unbranched alkanes of at least 4 members (excludes halogenated alkanes) is 2. The molecule has 1 heterocycles. The Labute approximate surface area is 166 Å². The Hall–Kier alpha value is -2.57. The van der Waals surface area contributed by atoms with Crippen LogP contribution in [0.2, 0.25) is 0 Å². The zero-order valence-electron chi connectivity index (χ0n) is 16.7. The Morgan fingerprint density at radius 1 is 1.18 bits per heavy atom. The molecular weight excluding hydrogens is 360 g/mol. The van der Waals surface area contributed by atoms with E-state index < -0.39 is 12.0 Å². The highest BCUT2D eigenvalue weighted by Gasteiger charge is 2.35. The number of hydrogen-bond acceptors (Lipinski definition) is 5. The van der Waals surface area contributed by atoms with E-state index in [4.69, 9.17) is 9.47 Å². The first-order chi connectivity index (χ1) is 13.6. The fourth-order valence-corrected chi connectivity index (χ4v) is 2.93. The predicted molar refractivity (Wildman–Crippen MR) is 105 cm³/mol. The maximum absolute atomic E-state index is 13.0. The molecule has 1 saturated heterocycles. The van der Waals surface area contributed by atoms with Gasteiger partial charge in [-0.15, -0.1) is 0 Å². The first-order valence-electron chi connectivity index (χ1n) is 10.0. The average Bonchev–Trinajstić information content (AvgIpc) is 2.70. The summed E-state index contributed by atoms with van der Waals surface area (Å²) in [6.07, 6.45) is 3.51. The lowest BCUT2D eigenvalue weighted by atomic mass is 10.1. The van der Waals surface area contributed by atoms with Crippen LogP contribution in [0.25, 0.3) is 0 Å². The van der Waals surface area contributed by atoms with Crippen LogP contribution < -0.4 is 10.1 Å². The van der Waals surface area contributed by atoms with Crippen LogP contribution in [-0.4, -0.2) is 55.0 Å². The van der Waals surface area contributed by atoms with E-state index in [2.05, 4.69) is 12.2 Å². The van der Waals surface area contributed by atoms with Crippen molar-refractivity contribution in [1.29, 1.82) is 0 Å². The number of nitrogens with zero attached hydrogens (tertiary/aromatic N) is 1. The van der Waals surface area contributed by atoms with Crippen LogP contribution in [0.1, 0.15) is 56.3 Å². The van der Waals surface area contributed by atoms with Gasteiger partial charge in [0.05, 0.1) is 19.6 Å². The van der Waals surface area contributed by atoms with Crippen LogP contribution in [0, 0.1) is 0 Å². The summed E-state index contributed by atoms with van der Waals surface area (Å²) < 4.78 is 10.8. The minimum atomic E-state index is -0.861. The lowest BCUT2D eigenvalue weighted by Gasteiger charge is -2.34. The predicted octanol–water partition coefficient (Wildman–Crippen LogP) is 2.54. The largest absolute Gasteiger partial charge is 0.494 e. The summed E-state index contributed by atoms with van der Waals surface area (Å²) in [5.41, 5.74) is 0.438. The van der Waals surface area contributed by atoms with Crippen LogP contribution >= 0.6 is 0 Å². The number of amides is 2. The Kier molecular flexibility index (Phi) is 8.78. The minimum Gasteiger partial charge on any atom is -0.494 e. The molecule has 0 radical (unpaired) electrons. The monoisotopic (exact) mass is 390 g/mol. The van der Waals surface area contributed by atoms with E-state index >= 15 is 0 Å². The summed E-state index contributed by atoms with van der Waals surface area (Å²) in [4.78, 5) is 38.9. The fourth-order valence-electron chi connectivity index (χ4n) is 2.93. The van der Waals surface area contributed by atoms with Gasteiger partial charge in [-0.2, -0.15) is 0 Å². The van der Waals surface area contributed by atoms with Crippen molar-refractivity contribution in [2.45, 2.75) is 52.0 Å². The summed E-state index contributed by atoms with van der Waals surface area (Å²) in [5.74, 6) is -0.467. The summed E-state index contributed by atoms with van der Waals surface area (Å²) in [5, 5.41) is 2.72. The van der Waals surface area contributed by atoms with Gasteiger partial charge in [-0.3, -0.25) is 14.4 Å². The molecule has 2 rings (SSSR count). The Bertz CT molecular complexity index is 677. The second-order valence-corrected chi connectivity index (χ2v) is 6.81. The van der Waals surface area contributed by atoms with E-state index in [9.17, 15) is 14.4 Å². The van der Waals surface area contributed by atoms with Crippen molar-refractivity contribution in [3.05, 3.63) is 29.8 Å². The molecule has 7 heteroatoms. The van der Waals surface area contributed by atoms with Gasteiger partial charge in [0.1, 0.15) is 11.8 Å². The van der Waals surface area contributed by atoms with Crippen molar-refractivity contribution in [2.75, 3.05) is 26.3 Å². The van der Waals surface area contributed by atoms with E-state index in [1.165, 1.54) is 4.90 Å². The molecular formula is C21H30N2O5. The van der Waals surface area contributed by atoms with Crippen molar-refractivity contribution in [3.63, 3.8) is 0 Å². The van der Waals surface area contributed by atoms with Crippen molar-refractivity contribution in [1.82, 2.24) is 10.2 Å². The maximum atomic E-state index is 13.0. The number of piperazine rings is 1. The molecule has 1 fully saturated rings. The zero-order chi connectivity index (χ0) is 20.4. The first-order valence-corrected chi connectivity index (χ1v) is 10.0. The quantitative estimate of drug-likeness (QED) is 0.490. The van der Waals surface area contributed by atoms with Crippen molar-refractivity contribution in [2.24, 2.45) is 0 Å². The molecule has 0 spiro atoms. The van der Waals surface area contributed by atoms with Crippen molar-refractivity contribution in [3.8, 4) is 5.75 Å². The number of nitrogens with one attached hydrogen (secondary N) is 1. The van der Waals surface area contributed by atoms with Crippen LogP contribution in [-0.2, 0) is 14.3 Å². The van der Waals surface area contributed by atoms with E-state index in [0.29, 0.717) is 37.6 Å². The van der Waals surface area contributed by atoms with Crippen LogP contribution in [0.15, 0.2) is 24.3 Å². The Morgan fingerprint density at radius 3 is 2.68 bits per heavy atom. The minimum absolute atomic E-state index is 0.145. The second-order valence-electron chi connectivity index (χ2n) is 6.81. The lowest BCUT2D eigenvalue weighted by molar-refractivity contribution is -0.147. The van der Waals surface area contributed by atoms with Gasteiger partial charge < -0.3 is 19.7 Å². The number of hydrogen-bond donors (Lipinski definition) is 1. The molecule has 2 amide bonds. The molecule has 0 saturated carbocycles. The number of carbonyl (C=O) groups is 3. The van der Waals surface area contributed by atoms with E-state index in [1.807, 2.05) is 6.92 Å². The topological polar surface area (TPSA) is 84.9 Å². The molecule has 1 aromatic rings. The summed E-state index contributed by atoms with van der Waals surface area (Å²) >= 11 is 0. The number of carbonyl (C=O) groups excluding carboxylic acids is 3. The van der Waals surface area contributed by atoms with Crippen molar-refractivity contribution < 1.29 is 23.9 Å². The van der Waals surface area contributed by atoms with Crippen LogP contribution in [0.4, 0.5) is 0 Å². The third kappa shape index (κ3) is 6.25. The van der Waals surface area contributed by atoms with Crippen LogP contribution in [0.5, 0.6) is 5.75 Å². The molecule has 1 atom stereocenters. The zero-order valence-corrected chi connectivity index (χ0v) is 16.7. The number of esters is 1. The molecule has 1 aliphatic rings. The number of benzene rings is 1. The van der Waals surface area contributed by atoms with Gasteiger partial charge in [0.25, 0.3) is 5.91 Å². The van der Waals surface area contributed by atoms with Gasteiger partial charge >= 0.3 is 5.97 Å². The molecule has 154 valence electrons. The molecule has 0 unspecified atom stereocenters. The smallest absolute Gasteiger partial charge is 0.308 e. The molecule has 1 aliphatic heterocycles. The lowest BCUT2D eigenvalue weighted by Crippen LogP contribution is -2.57. The van der Waals surface area contributed by atoms with Gasteiger partial charge in [0, 0.05) is 18.7 Å². The highest BCUT2D eigenvalue weighted by molar-refractivity contribution is 5.99. The molecule has 1 N–H and O–H groups in total. The highest BCUT2D eigenvalue weighted by Crippen LogP contribution is 2.19. The van der Waals surface area contributed by atoms with Gasteiger partial charge in [0.15, 0.2) is 0 Å². The molecule has 28 heavy (non-hydrogen) atoms. The summed E-state index contributed by atoms with van der Waals surface area (Å²) in [6, 6.07) is 6.07. The van der Waals surface area contributed by atoms with Gasteiger partial charge in [-0.25, -0.2) is 0 Å². The van der Waals surface area contributed by atoms with Crippen molar-refractivity contribution >= 4 is 17.8 Å².